The van der Waals surface area contributed by atoms with Crippen LogP contribution in [-0.2, 0) is 0 Å². The zero-order chi connectivity index (χ0) is 15.2. The van der Waals surface area contributed by atoms with Crippen LogP contribution in [0.3, 0.4) is 0 Å². The average Bonchev–Trinajstić information content (AvgIpc) is 2.37. The van der Waals surface area contributed by atoms with Crippen LogP contribution in [0.25, 0.3) is 0 Å². The SMILES string of the molecule is CCNc1nc(SSC(Cl)(Cl)Cl)nc(N(CC)CC)n1. The molecule has 1 aromatic rings. The molecule has 5 nitrogen and oxygen atoms in total. The van der Waals surface area contributed by atoms with E-state index in [4.69, 9.17) is 34.8 Å². The van der Waals surface area contributed by atoms with E-state index in [0.717, 1.165) is 30.4 Å². The van der Waals surface area contributed by atoms with Gasteiger partial charge in [0.25, 0.3) is 0 Å². The molecule has 1 N–H and O–H groups in total. The summed E-state index contributed by atoms with van der Waals surface area (Å²) >= 11 is 17.2. The number of anilines is 2. The van der Waals surface area contributed by atoms with Crippen LogP contribution in [0, 0.1) is 0 Å². The summed E-state index contributed by atoms with van der Waals surface area (Å²) in [6.07, 6.45) is 0. The fourth-order valence-electron chi connectivity index (χ4n) is 1.35. The topological polar surface area (TPSA) is 53.9 Å². The first-order valence-electron chi connectivity index (χ1n) is 6.06. The Balaban J connectivity index is 2.97. The van der Waals surface area contributed by atoms with Crippen molar-refractivity contribution in [2.24, 2.45) is 0 Å². The van der Waals surface area contributed by atoms with Gasteiger partial charge in [0.1, 0.15) is 0 Å². The molecule has 0 atom stereocenters. The molecule has 0 saturated heterocycles. The van der Waals surface area contributed by atoms with E-state index in [-0.39, 0.29) is 0 Å². The first kappa shape index (κ1) is 18.2. The number of aromatic nitrogens is 3. The van der Waals surface area contributed by atoms with Crippen molar-refractivity contribution in [2.75, 3.05) is 29.9 Å². The number of hydrogen-bond donors (Lipinski definition) is 1. The van der Waals surface area contributed by atoms with E-state index in [1.807, 2.05) is 25.7 Å². The Morgan fingerprint density at radius 1 is 1.10 bits per heavy atom. The third-order valence-corrected chi connectivity index (χ3v) is 5.76. The van der Waals surface area contributed by atoms with Crippen LogP contribution in [0.5, 0.6) is 0 Å². The summed E-state index contributed by atoms with van der Waals surface area (Å²) in [5.74, 6) is 1.14. The molecule has 0 aromatic carbocycles. The van der Waals surface area contributed by atoms with Crippen molar-refractivity contribution in [2.45, 2.75) is 29.1 Å². The lowest BCUT2D eigenvalue weighted by atomic mass is 10.5. The molecule has 0 unspecified atom stereocenters. The predicted octanol–water partition coefficient (Wildman–Crippen LogP) is 4.22. The molecular formula is C10H16Cl3N5S2. The quantitative estimate of drug-likeness (QED) is 0.565. The largest absolute Gasteiger partial charge is 0.354 e. The van der Waals surface area contributed by atoms with E-state index in [2.05, 4.69) is 20.3 Å². The molecule has 1 aromatic heterocycles. The lowest BCUT2D eigenvalue weighted by Gasteiger charge is -2.19. The van der Waals surface area contributed by atoms with Gasteiger partial charge in [-0.3, -0.25) is 0 Å². The Labute approximate surface area is 142 Å². The molecular weight excluding hydrogens is 361 g/mol. The molecule has 0 aliphatic heterocycles. The van der Waals surface area contributed by atoms with Crippen molar-refractivity contribution < 1.29 is 0 Å². The van der Waals surface area contributed by atoms with Gasteiger partial charge >= 0.3 is 0 Å². The number of hydrogen-bond acceptors (Lipinski definition) is 7. The van der Waals surface area contributed by atoms with E-state index in [1.54, 1.807) is 0 Å². The minimum absolute atomic E-state index is 0.508. The number of alkyl halides is 3. The fourth-order valence-corrected chi connectivity index (χ4v) is 3.35. The average molecular weight is 377 g/mol. The summed E-state index contributed by atoms with van der Waals surface area (Å²) < 4.78 is -1.41. The molecule has 0 saturated carbocycles. The standard InChI is InChI=1S/C10H16Cl3N5S2/c1-4-14-7-15-8(18(5-2)6-3)17-9(16-7)19-20-10(11,12)13/h4-6H2,1-3H3,(H,14,15,16,17). The first-order chi connectivity index (χ1) is 9.39. The smallest absolute Gasteiger partial charge is 0.247 e. The Kier molecular flexibility index (Phi) is 7.82. The van der Waals surface area contributed by atoms with Crippen LogP contribution in [0.4, 0.5) is 11.9 Å². The van der Waals surface area contributed by atoms with E-state index in [1.165, 1.54) is 10.8 Å². The molecule has 0 aliphatic carbocycles. The predicted molar refractivity (Wildman–Crippen MR) is 91.3 cm³/mol. The Morgan fingerprint density at radius 3 is 2.25 bits per heavy atom. The highest BCUT2D eigenvalue weighted by atomic mass is 35.6. The molecule has 0 radical (unpaired) electrons. The molecule has 1 heterocycles. The van der Waals surface area contributed by atoms with Crippen molar-refractivity contribution in [1.29, 1.82) is 0 Å². The lowest BCUT2D eigenvalue weighted by molar-refractivity contribution is 0.784. The number of nitrogens with one attached hydrogen (secondary N) is 1. The van der Waals surface area contributed by atoms with Gasteiger partial charge in [-0.2, -0.15) is 15.0 Å². The van der Waals surface area contributed by atoms with Gasteiger partial charge in [-0.15, -0.1) is 0 Å². The minimum Gasteiger partial charge on any atom is -0.354 e. The molecule has 1 rings (SSSR count). The summed E-state index contributed by atoms with van der Waals surface area (Å²) in [6, 6.07) is 0. The maximum Gasteiger partial charge on any atom is 0.247 e. The van der Waals surface area contributed by atoms with E-state index >= 15 is 0 Å². The van der Waals surface area contributed by atoms with Gasteiger partial charge in [0.05, 0.1) is 0 Å². The highest BCUT2D eigenvalue weighted by Crippen LogP contribution is 2.48. The summed E-state index contributed by atoms with van der Waals surface area (Å²) in [5, 5.41) is 3.59. The van der Waals surface area contributed by atoms with Crippen LogP contribution in [0.15, 0.2) is 5.16 Å². The second-order valence-corrected chi connectivity index (χ2v) is 8.82. The second-order valence-electron chi connectivity index (χ2n) is 3.56. The van der Waals surface area contributed by atoms with Crippen LogP contribution >= 0.6 is 56.4 Å². The van der Waals surface area contributed by atoms with Crippen molar-refractivity contribution in [3.8, 4) is 0 Å². The molecule has 0 bridgehead atoms. The van der Waals surface area contributed by atoms with E-state index in [9.17, 15) is 0 Å². The normalized spacial score (nSPS) is 11.5. The highest BCUT2D eigenvalue weighted by Gasteiger charge is 2.22. The van der Waals surface area contributed by atoms with Gasteiger partial charge in [-0.25, -0.2) is 0 Å². The van der Waals surface area contributed by atoms with E-state index < -0.39 is 3.12 Å². The summed E-state index contributed by atoms with van der Waals surface area (Å²) in [7, 11) is 2.27. The Hall–Kier alpha value is 0.180. The third-order valence-electron chi connectivity index (χ3n) is 2.19. The number of halogens is 3. The molecule has 10 heteroatoms. The monoisotopic (exact) mass is 375 g/mol. The number of nitrogens with zero attached hydrogens (tertiary/aromatic N) is 4. The Morgan fingerprint density at radius 2 is 1.75 bits per heavy atom. The maximum absolute atomic E-state index is 5.72. The van der Waals surface area contributed by atoms with Crippen molar-refractivity contribution in [3.05, 3.63) is 0 Å². The van der Waals surface area contributed by atoms with Gasteiger partial charge in [-0.05, 0) is 42.4 Å². The first-order valence-corrected chi connectivity index (χ1v) is 9.35. The van der Waals surface area contributed by atoms with Gasteiger partial charge in [0.15, 0.2) is 0 Å². The molecule has 0 aliphatic rings. The molecule has 0 spiro atoms. The van der Waals surface area contributed by atoms with E-state index in [0.29, 0.717) is 17.1 Å². The molecule has 0 fully saturated rings. The minimum atomic E-state index is -1.41. The van der Waals surface area contributed by atoms with Crippen molar-refractivity contribution in [3.63, 3.8) is 0 Å². The Bertz CT molecular complexity index is 426. The molecule has 20 heavy (non-hydrogen) atoms. The summed E-state index contributed by atoms with van der Waals surface area (Å²) in [4.78, 5) is 15.1. The molecule has 114 valence electrons. The second kappa shape index (κ2) is 8.58. The lowest BCUT2D eigenvalue weighted by Crippen LogP contribution is -2.25. The zero-order valence-electron chi connectivity index (χ0n) is 11.4. The molecule has 0 amide bonds. The summed E-state index contributed by atoms with van der Waals surface area (Å²) in [6.45, 7) is 8.42. The van der Waals surface area contributed by atoms with Gasteiger partial charge in [-0.1, -0.05) is 34.8 Å². The van der Waals surface area contributed by atoms with Crippen LogP contribution < -0.4 is 10.2 Å². The van der Waals surface area contributed by atoms with Crippen molar-refractivity contribution in [1.82, 2.24) is 15.0 Å². The third kappa shape index (κ3) is 6.30. The highest BCUT2D eigenvalue weighted by molar-refractivity contribution is 8.78. The van der Waals surface area contributed by atoms with Gasteiger partial charge < -0.3 is 10.2 Å². The zero-order valence-corrected chi connectivity index (χ0v) is 15.3. The van der Waals surface area contributed by atoms with Gasteiger partial charge in [0.2, 0.25) is 20.2 Å². The fraction of sp³-hybridized carbons (Fsp3) is 0.700. The number of rotatable bonds is 7. The maximum atomic E-state index is 5.72. The van der Waals surface area contributed by atoms with Crippen molar-refractivity contribution >= 4 is 68.3 Å². The van der Waals surface area contributed by atoms with Crippen LogP contribution in [0.1, 0.15) is 20.8 Å². The van der Waals surface area contributed by atoms with Gasteiger partial charge in [0, 0.05) is 19.6 Å². The van der Waals surface area contributed by atoms with Crippen LogP contribution in [-0.4, -0.2) is 37.7 Å². The summed E-state index contributed by atoms with van der Waals surface area (Å²) in [5.41, 5.74) is 0. The van der Waals surface area contributed by atoms with Crippen LogP contribution in [0.2, 0.25) is 0 Å².